The Morgan fingerprint density at radius 1 is 1.32 bits per heavy atom. The van der Waals surface area contributed by atoms with E-state index in [0.717, 1.165) is 30.7 Å². The summed E-state index contributed by atoms with van der Waals surface area (Å²) in [5.41, 5.74) is 2.10. The molecule has 1 fully saturated rings. The molecule has 8 heteroatoms. The predicted molar refractivity (Wildman–Crippen MR) is 116 cm³/mol. The summed E-state index contributed by atoms with van der Waals surface area (Å²) in [6, 6.07) is 11.2. The van der Waals surface area contributed by atoms with Crippen LogP contribution in [0.5, 0.6) is 5.75 Å². The molecule has 0 bridgehead atoms. The summed E-state index contributed by atoms with van der Waals surface area (Å²) < 4.78 is 7.82. The van der Waals surface area contributed by atoms with Crippen LogP contribution in [0.1, 0.15) is 54.0 Å². The molecule has 0 unspecified atom stereocenters. The van der Waals surface area contributed by atoms with Crippen molar-refractivity contribution >= 4 is 11.6 Å². The van der Waals surface area contributed by atoms with Crippen LogP contribution in [0, 0.1) is 0 Å². The van der Waals surface area contributed by atoms with E-state index in [0.29, 0.717) is 17.9 Å². The highest BCUT2D eigenvalue weighted by Crippen LogP contribution is 2.25. The van der Waals surface area contributed by atoms with Gasteiger partial charge in [0.15, 0.2) is 0 Å². The molecule has 31 heavy (non-hydrogen) atoms. The number of carbonyl (C=O) groups is 1. The summed E-state index contributed by atoms with van der Waals surface area (Å²) in [4.78, 5) is 16.9. The van der Waals surface area contributed by atoms with E-state index in [1.54, 1.807) is 24.7 Å². The molecule has 8 nitrogen and oxygen atoms in total. The molecule has 3 aromatic rings. The van der Waals surface area contributed by atoms with Crippen LogP contribution in [0.15, 0.2) is 48.9 Å². The van der Waals surface area contributed by atoms with E-state index < -0.39 is 0 Å². The molecule has 3 atom stereocenters. The van der Waals surface area contributed by atoms with Gasteiger partial charge in [-0.05, 0) is 42.5 Å². The second-order valence-corrected chi connectivity index (χ2v) is 8.13. The van der Waals surface area contributed by atoms with Gasteiger partial charge in [0.05, 0.1) is 6.10 Å². The van der Waals surface area contributed by atoms with Gasteiger partial charge in [-0.25, -0.2) is 0 Å². The summed E-state index contributed by atoms with van der Waals surface area (Å²) in [5.74, 6) is 1.43. The third-order valence-electron chi connectivity index (χ3n) is 5.63. The predicted octanol–water partition coefficient (Wildman–Crippen LogP) is 3.10. The molecule has 2 N–H and O–H groups in total. The first-order chi connectivity index (χ1) is 15.0. The number of anilines is 1. The lowest BCUT2D eigenvalue weighted by Crippen LogP contribution is -2.16. The number of aliphatic hydroxyl groups is 1. The van der Waals surface area contributed by atoms with Gasteiger partial charge in [0.1, 0.15) is 29.7 Å². The van der Waals surface area contributed by atoms with Crippen molar-refractivity contribution in [1.29, 1.82) is 0 Å². The number of amides is 1. The van der Waals surface area contributed by atoms with Gasteiger partial charge in [-0.15, -0.1) is 10.2 Å². The van der Waals surface area contributed by atoms with Crippen molar-refractivity contribution in [2.75, 3.05) is 5.32 Å². The molecular formula is C23H27N5O3. The number of nitrogens with zero attached hydrogens (tertiary/aromatic N) is 4. The Morgan fingerprint density at radius 2 is 2.19 bits per heavy atom. The maximum Gasteiger partial charge on any atom is 0.274 e. The molecular weight excluding hydrogens is 394 g/mol. The van der Waals surface area contributed by atoms with Gasteiger partial charge >= 0.3 is 0 Å². The number of pyridine rings is 1. The molecule has 0 radical (unpaired) electrons. The van der Waals surface area contributed by atoms with Crippen molar-refractivity contribution in [1.82, 2.24) is 19.7 Å². The Bertz CT molecular complexity index is 1050. The SMILES string of the molecule is C[C@H](Cc1nncn1C)c1cccc(NC(=O)c2cc(O[C@@H]3CC[C@@H](O)C3)ccn2)c1. The van der Waals surface area contributed by atoms with Crippen LogP contribution in [-0.2, 0) is 13.5 Å². The molecule has 1 aromatic carbocycles. The fourth-order valence-corrected chi connectivity index (χ4v) is 3.83. The van der Waals surface area contributed by atoms with Crippen molar-refractivity contribution in [2.45, 2.75) is 50.7 Å². The number of aromatic nitrogens is 4. The van der Waals surface area contributed by atoms with E-state index in [4.69, 9.17) is 4.74 Å². The molecule has 4 rings (SSSR count). The topological polar surface area (TPSA) is 102 Å². The van der Waals surface area contributed by atoms with Crippen molar-refractivity contribution in [2.24, 2.45) is 7.05 Å². The zero-order chi connectivity index (χ0) is 21.8. The van der Waals surface area contributed by atoms with E-state index in [-0.39, 0.29) is 29.7 Å². The smallest absolute Gasteiger partial charge is 0.274 e. The number of carbonyl (C=O) groups excluding carboxylic acids is 1. The summed E-state index contributed by atoms with van der Waals surface area (Å²) in [6.45, 7) is 2.12. The Labute approximate surface area is 181 Å². The zero-order valence-corrected chi connectivity index (χ0v) is 17.7. The van der Waals surface area contributed by atoms with Crippen LogP contribution in [0.2, 0.25) is 0 Å². The molecule has 2 aromatic heterocycles. The van der Waals surface area contributed by atoms with Crippen molar-refractivity contribution in [3.63, 3.8) is 0 Å². The largest absolute Gasteiger partial charge is 0.490 e. The molecule has 0 saturated heterocycles. The lowest BCUT2D eigenvalue weighted by Gasteiger charge is -2.14. The first-order valence-electron chi connectivity index (χ1n) is 10.5. The van der Waals surface area contributed by atoms with Crippen molar-refractivity contribution in [3.8, 4) is 5.75 Å². The monoisotopic (exact) mass is 421 g/mol. The number of benzene rings is 1. The standard InChI is InChI=1S/C23H27N5O3/c1-15(10-22-27-25-14-28(22)2)16-4-3-5-17(11-16)26-23(30)21-13-20(8-9-24-21)31-19-7-6-18(29)12-19/h3-5,8-9,11,13-15,18-19,29H,6-7,10,12H2,1-2H3,(H,26,30)/t15-,18-,19-/m1/s1. The minimum atomic E-state index is -0.307. The van der Waals surface area contributed by atoms with Gasteiger partial charge in [0, 0.05) is 37.8 Å². The van der Waals surface area contributed by atoms with Crippen LogP contribution in [0.4, 0.5) is 5.69 Å². The molecule has 2 heterocycles. The van der Waals surface area contributed by atoms with E-state index in [1.165, 1.54) is 0 Å². The second kappa shape index (κ2) is 9.26. The molecule has 0 aliphatic heterocycles. The van der Waals surface area contributed by atoms with E-state index >= 15 is 0 Å². The Morgan fingerprint density at radius 3 is 2.94 bits per heavy atom. The highest BCUT2D eigenvalue weighted by atomic mass is 16.5. The second-order valence-electron chi connectivity index (χ2n) is 8.13. The molecule has 1 saturated carbocycles. The van der Waals surface area contributed by atoms with E-state index in [9.17, 15) is 9.90 Å². The quantitative estimate of drug-likeness (QED) is 0.608. The first kappa shape index (κ1) is 21.0. The molecule has 1 amide bonds. The van der Waals surface area contributed by atoms with Crippen LogP contribution in [0.3, 0.4) is 0 Å². The summed E-state index contributed by atoms with van der Waals surface area (Å²) in [5, 5.41) is 20.7. The number of hydrogen-bond donors (Lipinski definition) is 2. The Hall–Kier alpha value is -3.26. The van der Waals surface area contributed by atoms with E-state index in [2.05, 4.69) is 27.4 Å². The zero-order valence-electron chi connectivity index (χ0n) is 17.7. The minimum Gasteiger partial charge on any atom is -0.490 e. The van der Waals surface area contributed by atoms with Crippen LogP contribution in [-0.4, -0.2) is 43.0 Å². The number of aryl methyl sites for hydroxylation is 1. The maximum absolute atomic E-state index is 12.7. The normalized spacial score (nSPS) is 19.2. The Balaban J connectivity index is 1.41. The van der Waals surface area contributed by atoms with E-state index in [1.807, 2.05) is 35.9 Å². The van der Waals surface area contributed by atoms with Gasteiger partial charge in [0.25, 0.3) is 5.91 Å². The average molecular weight is 422 g/mol. The highest BCUT2D eigenvalue weighted by Gasteiger charge is 2.24. The molecule has 0 spiro atoms. The average Bonchev–Trinajstić information content (AvgIpc) is 3.36. The fourth-order valence-electron chi connectivity index (χ4n) is 3.83. The lowest BCUT2D eigenvalue weighted by atomic mass is 9.97. The number of hydrogen-bond acceptors (Lipinski definition) is 6. The lowest BCUT2D eigenvalue weighted by molar-refractivity contribution is 0.102. The van der Waals surface area contributed by atoms with Gasteiger partial charge in [-0.1, -0.05) is 19.1 Å². The number of aliphatic hydroxyl groups excluding tert-OH is 1. The summed E-state index contributed by atoms with van der Waals surface area (Å²) in [6.07, 6.45) is 5.85. The third kappa shape index (κ3) is 5.27. The van der Waals surface area contributed by atoms with Crippen LogP contribution < -0.4 is 10.1 Å². The van der Waals surface area contributed by atoms with Gasteiger partial charge in [0.2, 0.25) is 0 Å². The number of rotatable bonds is 7. The number of nitrogens with one attached hydrogen (secondary N) is 1. The van der Waals surface area contributed by atoms with Crippen LogP contribution >= 0.6 is 0 Å². The third-order valence-corrected chi connectivity index (χ3v) is 5.63. The summed E-state index contributed by atoms with van der Waals surface area (Å²) in [7, 11) is 1.93. The van der Waals surface area contributed by atoms with Crippen molar-refractivity contribution in [3.05, 3.63) is 66.0 Å². The maximum atomic E-state index is 12.7. The van der Waals surface area contributed by atoms with Gasteiger partial charge in [-0.3, -0.25) is 9.78 Å². The molecule has 1 aliphatic carbocycles. The first-order valence-corrected chi connectivity index (χ1v) is 10.5. The molecule has 162 valence electrons. The molecule has 1 aliphatic rings. The van der Waals surface area contributed by atoms with Gasteiger partial charge in [-0.2, -0.15) is 0 Å². The number of ether oxygens (including phenoxy) is 1. The summed E-state index contributed by atoms with van der Waals surface area (Å²) >= 11 is 0. The highest BCUT2D eigenvalue weighted by molar-refractivity contribution is 6.03. The van der Waals surface area contributed by atoms with Crippen LogP contribution in [0.25, 0.3) is 0 Å². The van der Waals surface area contributed by atoms with Gasteiger partial charge < -0.3 is 19.7 Å². The minimum absolute atomic E-state index is 0.0274. The van der Waals surface area contributed by atoms with Crippen molar-refractivity contribution < 1.29 is 14.6 Å². The fraction of sp³-hybridized carbons (Fsp3) is 0.391. The Kier molecular flexibility index (Phi) is 6.27.